The molecule has 0 bridgehead atoms. The normalized spacial score (nSPS) is 10.6. The van der Waals surface area contributed by atoms with Crippen LogP contribution in [0.15, 0.2) is 109 Å². The number of hydrogen-bond donors (Lipinski definition) is 8. The predicted molar refractivity (Wildman–Crippen MR) is 231 cm³/mol. The summed E-state index contributed by atoms with van der Waals surface area (Å²) in [5, 5.41) is 80.4. The van der Waals surface area contributed by atoms with E-state index >= 15 is 0 Å². The van der Waals surface area contributed by atoms with Gasteiger partial charge in [0.1, 0.15) is 0 Å². The van der Waals surface area contributed by atoms with Crippen LogP contribution in [0.5, 0.6) is 0 Å². The summed E-state index contributed by atoms with van der Waals surface area (Å²) in [4.78, 5) is 154. The third kappa shape index (κ3) is 9.38. The highest BCUT2D eigenvalue weighted by atomic mass is 16.6. The summed E-state index contributed by atoms with van der Waals surface area (Å²) in [5.41, 5.74) is -15.1. The van der Waals surface area contributed by atoms with Gasteiger partial charge in [0.15, 0.2) is 0 Å². The second kappa shape index (κ2) is 19.4. The van der Waals surface area contributed by atoms with Crippen molar-refractivity contribution in [2.75, 3.05) is 0 Å². The monoisotopic (exact) mass is 954 g/mol. The van der Waals surface area contributed by atoms with Gasteiger partial charge in [-0.25, -0.2) is 57.5 Å². The zero-order valence-corrected chi connectivity index (χ0v) is 34.7. The summed E-state index contributed by atoms with van der Waals surface area (Å²) in [7, 11) is 0. The lowest BCUT2D eigenvalue weighted by Gasteiger charge is -2.17. The summed E-state index contributed by atoms with van der Waals surface area (Å²) in [6, 6.07) is 19.3. The van der Waals surface area contributed by atoms with E-state index < -0.39 is 150 Å². The first-order chi connectivity index (χ1) is 33.0. The maximum absolute atomic E-state index is 13.6. The Morgan fingerprint density at radius 1 is 0.257 bits per heavy atom. The Bertz CT molecular complexity index is 3130. The van der Waals surface area contributed by atoms with Crippen molar-refractivity contribution in [1.29, 1.82) is 0 Å². The van der Waals surface area contributed by atoms with Gasteiger partial charge in [0.25, 0.3) is 0 Å². The van der Waals surface area contributed by atoms with Crippen molar-refractivity contribution in [3.63, 3.8) is 0 Å². The molecule has 0 fully saturated rings. The van der Waals surface area contributed by atoms with Crippen molar-refractivity contribution in [3.05, 3.63) is 176 Å². The molecule has 0 radical (unpaired) electrons. The fraction of sp³-hybridized carbons (Fsp3) is 0. The number of hydrogen-bond acceptors (Lipinski definition) is 14. The van der Waals surface area contributed by atoms with Crippen LogP contribution >= 0.6 is 0 Å². The van der Waals surface area contributed by atoms with Crippen LogP contribution in [0.4, 0.5) is 0 Å². The lowest BCUT2D eigenvalue weighted by molar-refractivity contribution is 0.0374. The Kier molecular flexibility index (Phi) is 13.6. The molecule has 350 valence electrons. The Labute approximate surface area is 388 Å². The molecule has 0 saturated heterocycles. The molecule has 0 spiro atoms. The van der Waals surface area contributed by atoms with Crippen molar-refractivity contribution in [2.24, 2.45) is 0 Å². The van der Waals surface area contributed by atoms with E-state index in [1.54, 1.807) is 0 Å². The maximum atomic E-state index is 13.6. The van der Waals surface area contributed by atoms with E-state index in [0.717, 1.165) is 36.4 Å². The number of esters is 4. The molecule has 0 aliphatic rings. The summed E-state index contributed by atoms with van der Waals surface area (Å²) >= 11 is 0. The van der Waals surface area contributed by atoms with Gasteiger partial charge in [0, 0.05) is 11.1 Å². The molecule has 0 aromatic heterocycles. The van der Waals surface area contributed by atoms with Crippen LogP contribution in [0.3, 0.4) is 0 Å². The molecule has 0 aliphatic carbocycles. The van der Waals surface area contributed by atoms with Gasteiger partial charge in [0.05, 0.1) is 66.8 Å². The largest absolute Gasteiger partial charge is 0.478 e. The Balaban J connectivity index is 1.41. The number of carbonyl (C=O) groups excluding carboxylic acids is 4. The van der Waals surface area contributed by atoms with Crippen LogP contribution in [0.2, 0.25) is 0 Å². The zero-order chi connectivity index (χ0) is 51.5. The van der Waals surface area contributed by atoms with E-state index in [2.05, 4.69) is 0 Å². The minimum Gasteiger partial charge on any atom is -0.478 e. The minimum absolute atomic E-state index is 0.0945. The highest BCUT2D eigenvalue weighted by Crippen LogP contribution is 2.36. The van der Waals surface area contributed by atoms with Crippen molar-refractivity contribution in [1.82, 2.24) is 0 Å². The quantitative estimate of drug-likeness (QED) is 0.0415. The highest BCUT2D eigenvalue weighted by Gasteiger charge is 2.36. The van der Waals surface area contributed by atoms with Gasteiger partial charge in [-0.05, 0) is 58.7 Å². The number of carboxylic acids is 8. The second-order valence-electron chi connectivity index (χ2n) is 14.2. The molecule has 8 N–H and O–H groups in total. The number of carboxylic acid groups (broad SMARTS) is 8. The molecule has 0 amide bonds. The van der Waals surface area contributed by atoms with Gasteiger partial charge in [-0.3, -0.25) is 0 Å². The molecule has 6 rings (SSSR count). The SMILES string of the molecule is O=C(O)c1ccc(-c2ccc(C(=O)O)c(C(=O)OC(=O)c3cc(C(=O)O)c(-c4ccccc4)c(C(=O)O)c3C(=O)O)c2)cc1C(=O)OC(=O)c1cc(C(=O)O)c(-c2ccccc2)c(C(=O)O)c1C(=O)O. The first-order valence-corrected chi connectivity index (χ1v) is 19.3. The number of benzene rings is 6. The molecule has 6 aromatic carbocycles. The number of carbonyl (C=O) groups is 12. The highest BCUT2D eigenvalue weighted by molar-refractivity contribution is 6.20. The Morgan fingerprint density at radius 3 is 0.814 bits per heavy atom. The second-order valence-corrected chi connectivity index (χ2v) is 14.2. The smallest absolute Gasteiger partial charge is 0.346 e. The van der Waals surface area contributed by atoms with Gasteiger partial charge in [-0.15, -0.1) is 0 Å². The third-order valence-electron chi connectivity index (χ3n) is 10.2. The van der Waals surface area contributed by atoms with E-state index in [4.69, 9.17) is 9.47 Å². The molecule has 0 atom stereocenters. The van der Waals surface area contributed by atoms with Crippen LogP contribution < -0.4 is 0 Å². The number of rotatable bonds is 15. The van der Waals surface area contributed by atoms with E-state index in [-0.39, 0.29) is 22.3 Å². The molecule has 0 aliphatic heterocycles. The Morgan fingerprint density at radius 2 is 0.543 bits per heavy atom. The van der Waals surface area contributed by atoms with Crippen molar-refractivity contribution in [3.8, 4) is 33.4 Å². The van der Waals surface area contributed by atoms with E-state index in [9.17, 15) is 98.4 Å². The first kappa shape index (κ1) is 48.8. The average Bonchev–Trinajstić information content (AvgIpc) is 3.32. The van der Waals surface area contributed by atoms with E-state index in [0.29, 0.717) is 12.1 Å². The van der Waals surface area contributed by atoms with Crippen molar-refractivity contribution < 1.29 is 108 Å². The number of ether oxygens (including phenoxy) is 2. The van der Waals surface area contributed by atoms with E-state index in [1.165, 1.54) is 60.7 Å². The fourth-order valence-corrected chi connectivity index (χ4v) is 7.25. The predicted octanol–water partition coefficient (Wildman–Crippen LogP) is 6.27. The first-order valence-electron chi connectivity index (χ1n) is 19.3. The lowest BCUT2D eigenvalue weighted by atomic mass is 9.87. The van der Waals surface area contributed by atoms with Gasteiger partial charge in [0.2, 0.25) is 0 Å². The molecule has 0 unspecified atom stereocenters. The van der Waals surface area contributed by atoms with Crippen LogP contribution in [-0.4, -0.2) is 112 Å². The molecule has 0 heterocycles. The summed E-state index contributed by atoms with van der Waals surface area (Å²) in [6.45, 7) is 0. The number of aromatic carboxylic acids is 8. The van der Waals surface area contributed by atoms with E-state index in [1.807, 2.05) is 0 Å². The third-order valence-corrected chi connectivity index (χ3v) is 10.2. The molecule has 22 nitrogen and oxygen atoms in total. The minimum atomic E-state index is -2.08. The van der Waals surface area contributed by atoms with Gasteiger partial charge < -0.3 is 50.3 Å². The summed E-state index contributed by atoms with van der Waals surface area (Å²) in [5.74, 6) is -23.1. The lowest BCUT2D eigenvalue weighted by Crippen LogP contribution is -2.23. The zero-order valence-electron chi connectivity index (χ0n) is 34.7. The van der Waals surface area contributed by atoms with Gasteiger partial charge in [-0.1, -0.05) is 72.8 Å². The van der Waals surface area contributed by atoms with Crippen LogP contribution in [0.1, 0.15) is 124 Å². The molecular formula is C48H26O22. The standard InChI is InChI=1S/C48H26O22/c49-37(50)23-13-11-21(15-25(23)45(65)69-47(67)29-17-27(39(53)54)31(19-7-3-1-4-8-19)35(43(61)62)33(29)41(57)58)22-12-14-24(38(51)52)26(16-22)46(66)70-48(68)30-18-28(40(55)56)32(20-9-5-2-6-10-20)36(44(63)64)34(30)42(59)60/h1-18H,(H,49,50)(H,51,52)(H,53,54)(H,55,56)(H,57,58)(H,59,60)(H,61,62)(H,63,64). The molecule has 70 heavy (non-hydrogen) atoms. The van der Waals surface area contributed by atoms with Crippen molar-refractivity contribution >= 4 is 71.6 Å². The van der Waals surface area contributed by atoms with Crippen LogP contribution in [-0.2, 0) is 9.47 Å². The average molecular weight is 955 g/mol. The molecule has 6 aromatic rings. The van der Waals surface area contributed by atoms with Crippen molar-refractivity contribution in [2.45, 2.75) is 0 Å². The maximum Gasteiger partial charge on any atom is 0.346 e. The Hall–Kier alpha value is -10.6. The molecule has 0 saturated carbocycles. The van der Waals surface area contributed by atoms with Gasteiger partial charge in [-0.2, -0.15) is 0 Å². The van der Waals surface area contributed by atoms with Crippen LogP contribution in [0, 0.1) is 0 Å². The fourth-order valence-electron chi connectivity index (χ4n) is 7.25. The molecule has 22 heteroatoms. The van der Waals surface area contributed by atoms with Gasteiger partial charge >= 0.3 is 71.6 Å². The summed E-state index contributed by atoms with van der Waals surface area (Å²) in [6.07, 6.45) is 0. The summed E-state index contributed by atoms with van der Waals surface area (Å²) < 4.78 is 9.64. The van der Waals surface area contributed by atoms with Crippen LogP contribution in [0.25, 0.3) is 33.4 Å². The molecular weight excluding hydrogens is 929 g/mol. The topological polar surface area (TPSA) is 385 Å².